The predicted octanol–water partition coefficient (Wildman–Crippen LogP) is 0.333. The van der Waals surface area contributed by atoms with Crippen LogP contribution in [0.5, 0.6) is 0 Å². The molecule has 2 heterocycles. The maximum atomic E-state index is 13.0. The largest absolute Gasteiger partial charge is 0.369 e. The summed E-state index contributed by atoms with van der Waals surface area (Å²) in [4.78, 5) is 30.0. The number of thiophene rings is 1. The van der Waals surface area contributed by atoms with Crippen molar-refractivity contribution in [3.63, 3.8) is 0 Å². The molecule has 0 radical (unpaired) electrons. The average molecular weight is 363 g/mol. The van der Waals surface area contributed by atoms with Gasteiger partial charge in [-0.25, -0.2) is 4.98 Å². The number of aromatic nitrogens is 2. The van der Waals surface area contributed by atoms with E-state index < -0.39 is 5.91 Å². The van der Waals surface area contributed by atoms with E-state index in [2.05, 4.69) is 0 Å². The quantitative estimate of drug-likeness (QED) is 0.489. The summed E-state index contributed by atoms with van der Waals surface area (Å²) < 4.78 is 3.37. The molecule has 3 aromatic rings. The second-order valence-corrected chi connectivity index (χ2v) is 7.83. The van der Waals surface area contributed by atoms with E-state index in [0.29, 0.717) is 21.9 Å². The van der Waals surface area contributed by atoms with Gasteiger partial charge in [0.1, 0.15) is 4.70 Å². The molecule has 2 aromatic heterocycles. The Kier molecular flexibility index (Phi) is 4.88. The number of carbonyl (C=O) groups excluding carboxylic acids is 1. The molecule has 0 aliphatic carbocycles. The molecule has 0 bridgehead atoms. The van der Waals surface area contributed by atoms with Crippen LogP contribution in [0.25, 0.3) is 20.3 Å². The van der Waals surface area contributed by atoms with Crippen LogP contribution in [0.1, 0.15) is 0 Å². The summed E-state index contributed by atoms with van der Waals surface area (Å²) >= 11 is 2.69. The second-order valence-electron chi connectivity index (χ2n) is 5.84. The van der Waals surface area contributed by atoms with Crippen molar-refractivity contribution in [1.82, 2.24) is 9.55 Å². The van der Waals surface area contributed by atoms with Crippen LogP contribution >= 0.6 is 23.1 Å². The van der Waals surface area contributed by atoms with Crippen LogP contribution in [-0.4, -0.2) is 41.9 Å². The molecule has 0 aliphatic heterocycles. The summed E-state index contributed by atoms with van der Waals surface area (Å²) in [7, 11) is 4.07. The van der Waals surface area contributed by atoms with Gasteiger partial charge >= 0.3 is 0 Å². The second kappa shape index (κ2) is 6.92. The first-order valence-corrected chi connectivity index (χ1v) is 9.40. The first kappa shape index (κ1) is 16.9. The number of carbonyl (C=O) groups is 1. The van der Waals surface area contributed by atoms with Crippen LogP contribution in [0.3, 0.4) is 0 Å². The highest BCUT2D eigenvalue weighted by molar-refractivity contribution is 7.99. The molecule has 0 saturated heterocycles. The predicted molar refractivity (Wildman–Crippen MR) is 99.0 cm³/mol. The lowest BCUT2D eigenvalue weighted by atomic mass is 10.2. The van der Waals surface area contributed by atoms with Gasteiger partial charge in [-0.05, 0) is 6.07 Å². The van der Waals surface area contributed by atoms with Gasteiger partial charge in [0.15, 0.2) is 5.16 Å². The van der Waals surface area contributed by atoms with Gasteiger partial charge in [-0.3, -0.25) is 14.2 Å². The van der Waals surface area contributed by atoms with E-state index in [1.165, 1.54) is 28.0 Å². The fourth-order valence-corrected chi connectivity index (χ4v) is 4.28. The lowest BCUT2D eigenvalue weighted by Gasteiger charge is -2.13. The Bertz CT molecular complexity index is 962. The lowest BCUT2D eigenvalue weighted by Crippen LogP contribution is -3.06. The number of hydrogen-bond acceptors (Lipinski definition) is 5. The molecule has 8 heteroatoms. The van der Waals surface area contributed by atoms with Crippen molar-refractivity contribution in [2.45, 2.75) is 11.7 Å². The molecule has 0 fully saturated rings. The fourth-order valence-electron chi connectivity index (χ4n) is 2.43. The highest BCUT2D eigenvalue weighted by atomic mass is 32.2. The Balaban J connectivity index is 2.19. The van der Waals surface area contributed by atoms with E-state index in [-0.39, 0.29) is 11.3 Å². The summed E-state index contributed by atoms with van der Waals surface area (Å²) in [5.41, 5.74) is 5.92. The minimum absolute atomic E-state index is 0.0468. The molecular formula is C16H19N4O2S2+. The number of likely N-dealkylation sites (N-methyl/N-ethyl adjacent to an activating group) is 1. The fraction of sp³-hybridized carbons (Fsp3) is 0.312. The third-order valence-electron chi connectivity index (χ3n) is 3.63. The van der Waals surface area contributed by atoms with Crippen molar-refractivity contribution in [2.24, 2.45) is 5.73 Å². The monoisotopic (exact) mass is 363 g/mol. The number of thioether (sulfide) groups is 1. The molecule has 0 saturated carbocycles. The first-order chi connectivity index (χ1) is 11.5. The topological polar surface area (TPSA) is 82.4 Å². The van der Waals surface area contributed by atoms with Crippen molar-refractivity contribution < 1.29 is 9.69 Å². The summed E-state index contributed by atoms with van der Waals surface area (Å²) in [6, 6.07) is 7.85. The Labute approximate surface area is 147 Å². The number of rotatable bonds is 6. The van der Waals surface area contributed by atoms with Crippen LogP contribution in [-0.2, 0) is 11.3 Å². The van der Waals surface area contributed by atoms with Gasteiger partial charge in [-0.1, -0.05) is 30.0 Å². The summed E-state index contributed by atoms with van der Waals surface area (Å²) in [6.07, 6.45) is 0. The van der Waals surface area contributed by atoms with Crippen molar-refractivity contribution in [3.05, 3.63) is 34.6 Å². The number of fused-ring (bicyclic) bond motifs is 3. The number of hydrogen-bond donors (Lipinski definition) is 2. The van der Waals surface area contributed by atoms with Gasteiger partial charge in [0.05, 0.1) is 38.5 Å². The summed E-state index contributed by atoms with van der Waals surface area (Å²) in [5.74, 6) is -0.316. The molecule has 1 amide bonds. The number of nitrogens with two attached hydrogens (primary N) is 1. The summed E-state index contributed by atoms with van der Waals surface area (Å²) in [5, 5.41) is 1.53. The highest BCUT2D eigenvalue weighted by Gasteiger charge is 2.17. The third-order valence-corrected chi connectivity index (χ3v) is 5.77. The number of nitrogens with zero attached hydrogens (tertiary/aromatic N) is 2. The molecule has 0 atom stereocenters. The summed E-state index contributed by atoms with van der Waals surface area (Å²) in [6.45, 7) is 1.35. The Hall–Kier alpha value is -1.90. The molecule has 0 unspecified atom stereocenters. The van der Waals surface area contributed by atoms with E-state index in [9.17, 15) is 9.59 Å². The minimum atomic E-state index is -0.422. The maximum Gasteiger partial charge on any atom is 0.272 e. The van der Waals surface area contributed by atoms with Gasteiger partial charge in [0, 0.05) is 10.1 Å². The molecule has 6 nitrogen and oxygen atoms in total. The molecule has 0 aliphatic rings. The standard InChI is InChI=1S/C16H18N4O2S2/c1-19(2)7-8-20-15(22)14-13(18-16(20)23-9-12(17)21)10-5-3-4-6-11(10)24-14/h3-6H,7-9H2,1-2H3,(H2,17,21)/p+1. The average Bonchev–Trinajstić information content (AvgIpc) is 2.91. The number of amides is 1. The van der Waals surface area contributed by atoms with Crippen LogP contribution in [0.2, 0.25) is 0 Å². The van der Waals surface area contributed by atoms with Gasteiger partial charge in [0.25, 0.3) is 5.56 Å². The zero-order chi connectivity index (χ0) is 17.3. The van der Waals surface area contributed by atoms with E-state index in [4.69, 9.17) is 10.7 Å². The SMILES string of the molecule is C[NH+](C)CCn1c(SCC(N)=O)nc2c(sc3ccccc32)c1=O. The van der Waals surface area contributed by atoms with Crippen molar-refractivity contribution in [1.29, 1.82) is 0 Å². The van der Waals surface area contributed by atoms with Gasteiger partial charge in [0.2, 0.25) is 5.91 Å². The number of benzene rings is 1. The molecule has 24 heavy (non-hydrogen) atoms. The molecule has 3 N–H and O–H groups in total. The Morgan fingerprint density at radius 2 is 2.12 bits per heavy atom. The minimum Gasteiger partial charge on any atom is -0.369 e. The van der Waals surface area contributed by atoms with E-state index in [1.54, 1.807) is 4.57 Å². The smallest absolute Gasteiger partial charge is 0.272 e. The van der Waals surface area contributed by atoms with Crippen LogP contribution in [0.15, 0.2) is 34.2 Å². The van der Waals surface area contributed by atoms with Crippen molar-refractivity contribution >= 4 is 49.3 Å². The number of primary amides is 1. The Morgan fingerprint density at radius 1 is 1.38 bits per heavy atom. The van der Waals surface area contributed by atoms with Crippen LogP contribution < -0.4 is 16.2 Å². The maximum absolute atomic E-state index is 13.0. The zero-order valence-corrected chi connectivity index (χ0v) is 15.2. The molecular weight excluding hydrogens is 344 g/mol. The van der Waals surface area contributed by atoms with Crippen LogP contribution in [0.4, 0.5) is 0 Å². The normalized spacial score (nSPS) is 11.6. The molecule has 1 aromatic carbocycles. The van der Waals surface area contributed by atoms with Gasteiger partial charge < -0.3 is 10.6 Å². The van der Waals surface area contributed by atoms with E-state index in [0.717, 1.165) is 16.6 Å². The molecule has 126 valence electrons. The lowest BCUT2D eigenvalue weighted by molar-refractivity contribution is -0.859. The van der Waals surface area contributed by atoms with Gasteiger partial charge in [-0.15, -0.1) is 11.3 Å². The third kappa shape index (κ3) is 3.31. The van der Waals surface area contributed by atoms with Crippen LogP contribution in [0, 0.1) is 0 Å². The molecule has 3 rings (SSSR count). The van der Waals surface area contributed by atoms with Gasteiger partial charge in [-0.2, -0.15) is 0 Å². The number of quaternary nitrogens is 1. The first-order valence-electron chi connectivity index (χ1n) is 7.59. The highest BCUT2D eigenvalue weighted by Crippen LogP contribution is 2.31. The zero-order valence-electron chi connectivity index (χ0n) is 13.5. The van der Waals surface area contributed by atoms with Crippen molar-refractivity contribution in [2.75, 3.05) is 26.4 Å². The van der Waals surface area contributed by atoms with Crippen molar-refractivity contribution in [3.8, 4) is 0 Å². The number of nitrogens with one attached hydrogen (secondary N) is 1. The van der Waals surface area contributed by atoms with E-state index >= 15 is 0 Å². The molecule has 0 spiro atoms. The Morgan fingerprint density at radius 3 is 2.83 bits per heavy atom. The van der Waals surface area contributed by atoms with E-state index in [1.807, 2.05) is 38.4 Å².